The van der Waals surface area contributed by atoms with Gasteiger partial charge in [-0.15, -0.1) is 0 Å². The third kappa shape index (κ3) is 4.49. The standard InChI is InChI=1S/C48H34N2/c1-3-15-33(16-4-1)35-27-29-47-41(31-35)39-21-9-13-25-45(39)49(47)43-23-11-7-19-37(43)38-20-8-12-24-44(38)50-46-26-14-10-22-40(46)42-32-36(28-30-48(42)50)34-17-5-2-6-18-34/h1-32,39,45H/t39-,45?/m0/s1. The van der Waals surface area contributed by atoms with Gasteiger partial charge in [-0.2, -0.15) is 0 Å². The number of aromatic nitrogens is 1. The second-order valence-corrected chi connectivity index (χ2v) is 13.3. The van der Waals surface area contributed by atoms with Crippen LogP contribution in [0.25, 0.3) is 60.9 Å². The number of anilines is 2. The highest BCUT2D eigenvalue weighted by molar-refractivity contribution is 6.11. The van der Waals surface area contributed by atoms with Crippen LogP contribution in [0.3, 0.4) is 0 Å². The van der Waals surface area contributed by atoms with Crippen molar-refractivity contribution in [3.05, 3.63) is 200 Å². The van der Waals surface area contributed by atoms with E-state index in [2.05, 4.69) is 204 Å². The summed E-state index contributed by atoms with van der Waals surface area (Å²) in [5.74, 6) is 0.276. The molecular formula is C48H34N2. The smallest absolute Gasteiger partial charge is 0.0629 e. The molecule has 0 saturated heterocycles. The predicted molar refractivity (Wildman–Crippen MR) is 210 cm³/mol. The molecule has 1 aliphatic carbocycles. The van der Waals surface area contributed by atoms with Crippen LogP contribution in [-0.2, 0) is 0 Å². The Morgan fingerprint density at radius 1 is 0.380 bits per heavy atom. The van der Waals surface area contributed by atoms with Crippen molar-refractivity contribution in [1.29, 1.82) is 0 Å². The first kappa shape index (κ1) is 28.6. The molecule has 7 aromatic carbocycles. The molecule has 2 heteroatoms. The Hall–Kier alpha value is -6.38. The summed E-state index contributed by atoms with van der Waals surface area (Å²) in [7, 11) is 0. The quantitative estimate of drug-likeness (QED) is 0.182. The lowest BCUT2D eigenvalue weighted by Gasteiger charge is -2.31. The van der Waals surface area contributed by atoms with Crippen molar-refractivity contribution in [2.45, 2.75) is 12.0 Å². The third-order valence-electron chi connectivity index (χ3n) is 10.5. The summed E-state index contributed by atoms with van der Waals surface area (Å²) in [6, 6.07) is 62.2. The molecule has 0 N–H and O–H groups in total. The van der Waals surface area contributed by atoms with Crippen LogP contribution >= 0.6 is 0 Å². The van der Waals surface area contributed by atoms with Gasteiger partial charge in [0.1, 0.15) is 0 Å². The largest absolute Gasteiger partial charge is 0.333 e. The molecule has 10 rings (SSSR count). The van der Waals surface area contributed by atoms with Gasteiger partial charge in [0.05, 0.1) is 22.8 Å². The fourth-order valence-corrected chi connectivity index (χ4v) is 8.28. The molecule has 1 aromatic heterocycles. The van der Waals surface area contributed by atoms with E-state index in [1.54, 1.807) is 0 Å². The number of rotatable bonds is 5. The average molecular weight is 639 g/mol. The van der Waals surface area contributed by atoms with E-state index in [-0.39, 0.29) is 12.0 Å². The van der Waals surface area contributed by atoms with E-state index < -0.39 is 0 Å². The monoisotopic (exact) mass is 638 g/mol. The van der Waals surface area contributed by atoms with Gasteiger partial charge < -0.3 is 9.47 Å². The van der Waals surface area contributed by atoms with E-state index in [1.807, 2.05) is 0 Å². The van der Waals surface area contributed by atoms with Gasteiger partial charge in [-0.3, -0.25) is 0 Å². The summed E-state index contributed by atoms with van der Waals surface area (Å²) >= 11 is 0. The maximum absolute atomic E-state index is 2.57. The minimum atomic E-state index is 0.194. The molecule has 2 aliphatic rings. The van der Waals surface area contributed by atoms with Gasteiger partial charge in [0, 0.05) is 39.2 Å². The molecule has 0 amide bonds. The molecule has 1 unspecified atom stereocenters. The summed E-state index contributed by atoms with van der Waals surface area (Å²) in [5.41, 5.74) is 14.8. The molecule has 0 radical (unpaired) electrons. The molecule has 1 aliphatic heterocycles. The average Bonchev–Trinajstić information content (AvgIpc) is 3.70. The lowest BCUT2D eigenvalue weighted by molar-refractivity contribution is 0.745. The van der Waals surface area contributed by atoms with Crippen LogP contribution in [0.1, 0.15) is 11.5 Å². The summed E-state index contributed by atoms with van der Waals surface area (Å²) < 4.78 is 2.46. The molecule has 2 atom stereocenters. The van der Waals surface area contributed by atoms with Crippen molar-refractivity contribution in [3.63, 3.8) is 0 Å². The summed E-state index contributed by atoms with van der Waals surface area (Å²) in [4.78, 5) is 2.57. The van der Waals surface area contributed by atoms with Crippen molar-refractivity contribution in [2.24, 2.45) is 0 Å². The second-order valence-electron chi connectivity index (χ2n) is 13.3. The highest BCUT2D eigenvalue weighted by Crippen LogP contribution is 2.51. The molecule has 0 spiro atoms. The SMILES string of the molecule is C1=CC2[C@@H](C=C1)c1cc(-c3ccccc3)ccc1N2c1ccccc1-c1ccccc1-n1c2ccccc2c2cc(-c3ccccc3)ccc21. The predicted octanol–water partition coefficient (Wildman–Crippen LogP) is 12.5. The van der Waals surface area contributed by atoms with E-state index in [9.17, 15) is 0 Å². The molecule has 236 valence electrons. The minimum Gasteiger partial charge on any atom is -0.333 e. The topological polar surface area (TPSA) is 8.17 Å². The number of allylic oxidation sites excluding steroid dienone is 2. The fraction of sp³-hybridized carbons (Fsp3) is 0.0417. The second kappa shape index (κ2) is 11.6. The Balaban J connectivity index is 1.16. The summed E-state index contributed by atoms with van der Waals surface area (Å²) in [5, 5.41) is 2.52. The highest BCUT2D eigenvalue weighted by atomic mass is 15.2. The molecule has 0 fully saturated rings. The van der Waals surface area contributed by atoms with E-state index in [1.165, 1.54) is 77.8 Å². The summed E-state index contributed by atoms with van der Waals surface area (Å²) in [6.07, 6.45) is 9.15. The minimum absolute atomic E-state index is 0.194. The molecule has 0 saturated carbocycles. The first-order valence-corrected chi connectivity index (χ1v) is 17.4. The van der Waals surface area contributed by atoms with Crippen LogP contribution in [0.15, 0.2) is 194 Å². The van der Waals surface area contributed by atoms with Crippen molar-refractivity contribution in [1.82, 2.24) is 4.57 Å². The number of hydrogen-bond acceptors (Lipinski definition) is 1. The Bertz CT molecular complexity index is 2610. The normalized spacial score (nSPS) is 16.2. The van der Waals surface area contributed by atoms with Crippen molar-refractivity contribution in [2.75, 3.05) is 4.90 Å². The zero-order chi connectivity index (χ0) is 33.0. The van der Waals surface area contributed by atoms with E-state index >= 15 is 0 Å². The van der Waals surface area contributed by atoms with E-state index in [4.69, 9.17) is 0 Å². The van der Waals surface area contributed by atoms with Gasteiger partial charge in [-0.25, -0.2) is 0 Å². The molecule has 2 nitrogen and oxygen atoms in total. The van der Waals surface area contributed by atoms with Gasteiger partial charge in [-0.1, -0.05) is 152 Å². The molecule has 50 heavy (non-hydrogen) atoms. The molecule has 0 bridgehead atoms. The van der Waals surface area contributed by atoms with Crippen LogP contribution in [0, 0.1) is 0 Å². The number of fused-ring (bicyclic) bond motifs is 6. The van der Waals surface area contributed by atoms with Gasteiger partial charge in [0.15, 0.2) is 0 Å². The van der Waals surface area contributed by atoms with Crippen molar-refractivity contribution < 1.29 is 0 Å². The summed E-state index contributed by atoms with van der Waals surface area (Å²) in [6.45, 7) is 0. The maximum atomic E-state index is 2.57. The van der Waals surface area contributed by atoms with E-state index in [0.717, 1.165) is 0 Å². The lowest BCUT2D eigenvalue weighted by Crippen LogP contribution is -2.28. The molecule has 2 heterocycles. The Labute approximate surface area is 292 Å². The van der Waals surface area contributed by atoms with Crippen LogP contribution in [0.4, 0.5) is 11.4 Å². The lowest BCUT2D eigenvalue weighted by atomic mass is 9.89. The van der Waals surface area contributed by atoms with Gasteiger partial charge in [0.25, 0.3) is 0 Å². The van der Waals surface area contributed by atoms with Crippen molar-refractivity contribution in [3.8, 4) is 39.1 Å². The number of benzene rings is 7. The van der Waals surface area contributed by atoms with Gasteiger partial charge in [-0.05, 0) is 70.3 Å². The Morgan fingerprint density at radius 3 is 1.74 bits per heavy atom. The molecule has 8 aromatic rings. The Kier molecular flexibility index (Phi) is 6.67. The Morgan fingerprint density at radius 2 is 0.960 bits per heavy atom. The zero-order valence-electron chi connectivity index (χ0n) is 27.5. The van der Waals surface area contributed by atoms with Gasteiger partial charge in [0.2, 0.25) is 0 Å². The zero-order valence-corrected chi connectivity index (χ0v) is 27.5. The van der Waals surface area contributed by atoms with Crippen LogP contribution in [-0.4, -0.2) is 10.6 Å². The fourth-order valence-electron chi connectivity index (χ4n) is 8.28. The van der Waals surface area contributed by atoms with Crippen LogP contribution < -0.4 is 4.90 Å². The van der Waals surface area contributed by atoms with Crippen LogP contribution in [0.2, 0.25) is 0 Å². The number of para-hydroxylation sites is 3. The van der Waals surface area contributed by atoms with Gasteiger partial charge >= 0.3 is 0 Å². The number of nitrogens with zero attached hydrogens (tertiary/aromatic N) is 2. The third-order valence-corrected chi connectivity index (χ3v) is 10.5. The molecular weight excluding hydrogens is 605 g/mol. The first-order chi connectivity index (χ1) is 24.8. The number of hydrogen-bond donors (Lipinski definition) is 0. The van der Waals surface area contributed by atoms with Crippen molar-refractivity contribution >= 4 is 33.2 Å². The maximum Gasteiger partial charge on any atom is 0.0629 e. The first-order valence-electron chi connectivity index (χ1n) is 17.4. The highest BCUT2D eigenvalue weighted by Gasteiger charge is 2.38. The van der Waals surface area contributed by atoms with E-state index in [0.29, 0.717) is 0 Å². The van der Waals surface area contributed by atoms with Crippen LogP contribution in [0.5, 0.6) is 0 Å².